The molecule has 0 saturated carbocycles. The van der Waals surface area contributed by atoms with E-state index in [2.05, 4.69) is 4.98 Å². The van der Waals surface area contributed by atoms with Crippen molar-refractivity contribution in [1.82, 2.24) is 4.98 Å². The van der Waals surface area contributed by atoms with E-state index in [0.29, 0.717) is 18.7 Å². The number of primary sulfonamides is 1. The van der Waals surface area contributed by atoms with Gasteiger partial charge < -0.3 is 20.3 Å². The van der Waals surface area contributed by atoms with Crippen molar-refractivity contribution in [3.8, 4) is 34.4 Å². The van der Waals surface area contributed by atoms with Crippen LogP contribution in [0, 0.1) is 11.6 Å². The number of benzene rings is 3. The van der Waals surface area contributed by atoms with Crippen molar-refractivity contribution in [2.45, 2.75) is 11.4 Å². The lowest BCUT2D eigenvalue weighted by Crippen LogP contribution is -2.14. The zero-order chi connectivity index (χ0) is 27.6. The highest BCUT2D eigenvalue weighted by atomic mass is 35.5. The predicted octanol–water partition coefficient (Wildman–Crippen LogP) is 5.07. The number of halogens is 3. The number of carboxylic acids is 1. The van der Waals surface area contributed by atoms with Gasteiger partial charge in [0, 0.05) is 18.7 Å². The van der Waals surface area contributed by atoms with Crippen molar-refractivity contribution in [2.75, 3.05) is 0 Å². The van der Waals surface area contributed by atoms with Crippen LogP contribution < -0.4 is 20.3 Å². The van der Waals surface area contributed by atoms with Gasteiger partial charge in [-0.15, -0.1) is 0 Å². The summed E-state index contributed by atoms with van der Waals surface area (Å²) in [6.07, 6.45) is 0. The highest BCUT2D eigenvalue weighted by molar-refractivity contribution is 7.89. The molecule has 3 aromatic carbocycles. The number of hydrogen-bond donors (Lipinski definition) is 3. The first-order valence-corrected chi connectivity index (χ1v) is 12.6. The molecule has 196 valence electrons. The van der Waals surface area contributed by atoms with Crippen LogP contribution in [-0.4, -0.2) is 24.5 Å². The molecule has 0 fully saturated rings. The van der Waals surface area contributed by atoms with Gasteiger partial charge in [0.1, 0.15) is 22.0 Å². The second-order valence-corrected chi connectivity index (χ2v) is 9.76. The van der Waals surface area contributed by atoms with E-state index < -0.39 is 60.6 Å². The molecule has 5 N–H and O–H groups in total. The summed E-state index contributed by atoms with van der Waals surface area (Å²) < 4.78 is 63.2. The molecule has 4 aromatic rings. The van der Waals surface area contributed by atoms with Crippen LogP contribution in [0.4, 0.5) is 8.78 Å². The van der Waals surface area contributed by atoms with Crippen molar-refractivity contribution in [3.63, 3.8) is 0 Å². The number of aromatic nitrogens is 1. The van der Waals surface area contributed by atoms with Gasteiger partial charge in [-0.05, 0) is 41.0 Å². The average Bonchev–Trinajstić information content (AvgIpc) is 2.86. The number of ether oxygens (including phenoxy) is 2. The second kappa shape index (κ2) is 10.7. The van der Waals surface area contributed by atoms with Crippen LogP contribution in [-0.2, 0) is 16.6 Å². The molecule has 1 aromatic heterocycles. The van der Waals surface area contributed by atoms with Crippen molar-refractivity contribution in [2.24, 2.45) is 10.9 Å². The number of pyridine rings is 1. The fraction of sp³-hybridized carbons (Fsp3) is 0.0400. The molecule has 0 unspecified atom stereocenters. The Morgan fingerprint density at radius 3 is 2.21 bits per heavy atom. The molecule has 0 bridgehead atoms. The van der Waals surface area contributed by atoms with Gasteiger partial charge in [0.15, 0.2) is 11.6 Å². The summed E-state index contributed by atoms with van der Waals surface area (Å²) in [5.74, 6) is -6.00. The molecule has 0 aliphatic heterocycles. The monoisotopic (exact) mass is 561 g/mol. The number of sulfonamides is 1. The highest BCUT2D eigenvalue weighted by Crippen LogP contribution is 2.35. The third-order valence-electron chi connectivity index (χ3n) is 5.19. The highest BCUT2D eigenvalue weighted by Gasteiger charge is 2.24. The maximum absolute atomic E-state index is 14.5. The van der Waals surface area contributed by atoms with Gasteiger partial charge in [0.05, 0.1) is 5.02 Å². The summed E-state index contributed by atoms with van der Waals surface area (Å²) in [6, 6.07) is 15.9. The minimum absolute atomic E-state index is 0.163. The number of hydrogen-bond acceptors (Lipinski definition) is 7. The van der Waals surface area contributed by atoms with E-state index in [4.69, 9.17) is 31.9 Å². The molecule has 13 heteroatoms. The topological polar surface area (TPSA) is 155 Å². The van der Waals surface area contributed by atoms with Gasteiger partial charge in [-0.2, -0.15) is 4.98 Å². The number of nitrogens with two attached hydrogens (primary N) is 2. The molecule has 9 nitrogen and oxygen atoms in total. The Morgan fingerprint density at radius 2 is 1.58 bits per heavy atom. The molecular weight excluding hydrogens is 544 g/mol. The zero-order valence-electron chi connectivity index (χ0n) is 19.2. The Balaban J connectivity index is 1.69. The molecular formula is C25H18ClF2N3O6S. The van der Waals surface area contributed by atoms with E-state index in [1.165, 1.54) is 6.07 Å². The van der Waals surface area contributed by atoms with Gasteiger partial charge >= 0.3 is 5.97 Å². The summed E-state index contributed by atoms with van der Waals surface area (Å²) in [5.41, 5.74) is 7.45. The Hall–Kier alpha value is -4.10. The molecule has 38 heavy (non-hydrogen) atoms. The smallest absolute Gasteiger partial charge is 0.339 e. The first-order chi connectivity index (χ1) is 18.0. The fourth-order valence-electron chi connectivity index (χ4n) is 3.41. The predicted molar refractivity (Wildman–Crippen MR) is 134 cm³/mol. The summed E-state index contributed by atoms with van der Waals surface area (Å²) in [5, 5.41) is 14.0. The number of carboxylic acid groups (broad SMARTS) is 1. The van der Waals surface area contributed by atoms with Crippen LogP contribution in [0.25, 0.3) is 11.1 Å². The summed E-state index contributed by atoms with van der Waals surface area (Å²) in [7, 11) is -4.38. The number of rotatable bonds is 8. The van der Waals surface area contributed by atoms with Crippen LogP contribution in [0.2, 0.25) is 5.02 Å². The lowest BCUT2D eigenvalue weighted by Gasteiger charge is -2.13. The molecule has 0 aliphatic carbocycles. The quantitative estimate of drug-likeness (QED) is 0.269. The molecule has 0 atom stereocenters. The standard InChI is InChI=1S/C25H18ClF2N3O6S/c26-18-10-21(17(25(32)33)9-22(18)38(30,34)35)37-24-20(28)11-19(27)23(31-24)36-16-6-2-5-15(8-16)14-4-1-3-13(7-14)12-29/h1-11H,12,29H2,(H,32,33)(H2,30,34,35). The van der Waals surface area contributed by atoms with Gasteiger partial charge in [0.25, 0.3) is 11.8 Å². The summed E-state index contributed by atoms with van der Waals surface area (Å²) >= 11 is 5.91. The lowest BCUT2D eigenvalue weighted by molar-refractivity contribution is 0.0693. The third-order valence-corrected chi connectivity index (χ3v) is 6.56. The molecule has 4 rings (SSSR count). The van der Waals surface area contributed by atoms with Crippen LogP contribution in [0.15, 0.2) is 71.6 Å². The Morgan fingerprint density at radius 1 is 0.947 bits per heavy atom. The number of carbonyl (C=O) groups is 1. The minimum Gasteiger partial charge on any atom is -0.478 e. The maximum Gasteiger partial charge on any atom is 0.339 e. The van der Waals surface area contributed by atoms with Gasteiger partial charge in [0.2, 0.25) is 10.0 Å². The Kier molecular flexibility index (Phi) is 7.60. The third kappa shape index (κ3) is 5.89. The van der Waals surface area contributed by atoms with E-state index >= 15 is 0 Å². The van der Waals surface area contributed by atoms with Crippen molar-refractivity contribution >= 4 is 27.6 Å². The van der Waals surface area contributed by atoms with Crippen molar-refractivity contribution < 1.29 is 36.6 Å². The molecule has 0 saturated heterocycles. The normalized spacial score (nSPS) is 11.3. The van der Waals surface area contributed by atoms with Gasteiger partial charge in [-0.1, -0.05) is 41.9 Å². The lowest BCUT2D eigenvalue weighted by atomic mass is 10.0. The Labute approximate surface area is 220 Å². The van der Waals surface area contributed by atoms with Crippen molar-refractivity contribution in [3.05, 3.63) is 94.5 Å². The van der Waals surface area contributed by atoms with E-state index in [0.717, 1.165) is 22.8 Å². The number of nitrogens with zero attached hydrogens (tertiary/aromatic N) is 1. The SMILES string of the molecule is NCc1cccc(-c2cccc(Oc3nc(Oc4cc(Cl)c(S(N)(=O)=O)cc4C(=O)O)c(F)cc3F)c2)c1. The van der Waals surface area contributed by atoms with E-state index in [1.807, 2.05) is 24.3 Å². The number of aromatic carboxylic acids is 1. The van der Waals surface area contributed by atoms with Crippen LogP contribution in [0.1, 0.15) is 15.9 Å². The summed E-state index contributed by atoms with van der Waals surface area (Å²) in [6.45, 7) is 0.344. The molecule has 1 heterocycles. The van der Waals surface area contributed by atoms with E-state index in [-0.39, 0.29) is 5.75 Å². The van der Waals surface area contributed by atoms with Gasteiger partial charge in [-0.25, -0.2) is 27.1 Å². The summed E-state index contributed by atoms with van der Waals surface area (Å²) in [4.78, 5) is 14.7. The first-order valence-electron chi connectivity index (χ1n) is 10.7. The molecule has 0 radical (unpaired) electrons. The zero-order valence-corrected chi connectivity index (χ0v) is 20.8. The van der Waals surface area contributed by atoms with E-state index in [9.17, 15) is 27.1 Å². The second-order valence-electron chi connectivity index (χ2n) is 7.83. The van der Waals surface area contributed by atoms with Crippen LogP contribution in [0.5, 0.6) is 23.3 Å². The van der Waals surface area contributed by atoms with Crippen molar-refractivity contribution in [1.29, 1.82) is 0 Å². The van der Waals surface area contributed by atoms with E-state index in [1.54, 1.807) is 18.2 Å². The fourth-order valence-corrected chi connectivity index (χ4v) is 4.50. The maximum atomic E-state index is 14.5. The minimum atomic E-state index is -4.38. The van der Waals surface area contributed by atoms with Gasteiger partial charge in [-0.3, -0.25) is 0 Å². The molecule has 0 spiro atoms. The molecule has 0 amide bonds. The van der Waals surface area contributed by atoms with Crippen LogP contribution >= 0.6 is 11.6 Å². The molecule has 0 aliphatic rings. The average molecular weight is 562 g/mol. The van der Waals surface area contributed by atoms with Crippen LogP contribution in [0.3, 0.4) is 0 Å². The largest absolute Gasteiger partial charge is 0.478 e. The Bertz CT molecular complexity index is 1670. The first kappa shape index (κ1) is 26.9.